The predicted octanol–water partition coefficient (Wildman–Crippen LogP) is 0.368. The van der Waals surface area contributed by atoms with Crippen molar-refractivity contribution < 1.29 is 19.1 Å². The van der Waals surface area contributed by atoms with Gasteiger partial charge >= 0.3 is 5.97 Å². The molecule has 0 aromatic carbocycles. The molecule has 2 aliphatic heterocycles. The number of nitrogens with zero attached hydrogens (tertiary/aromatic N) is 2. The third kappa shape index (κ3) is 3.32. The Hall–Kier alpha value is -1.43. The van der Waals surface area contributed by atoms with E-state index in [4.69, 9.17) is 4.74 Å². The Morgan fingerprint density at radius 2 is 2.00 bits per heavy atom. The van der Waals surface area contributed by atoms with E-state index in [0.717, 1.165) is 19.4 Å². The first kappa shape index (κ1) is 14.0. The zero-order valence-electron chi connectivity index (χ0n) is 11.3. The Kier molecular flexibility index (Phi) is 4.52. The summed E-state index contributed by atoms with van der Waals surface area (Å²) in [7, 11) is 0. The Labute approximate surface area is 112 Å². The summed E-state index contributed by atoms with van der Waals surface area (Å²) in [5.74, 6) is -0.528. The monoisotopic (exact) mass is 268 g/mol. The second-order valence-corrected chi connectivity index (χ2v) is 5.03. The largest absolute Gasteiger partial charge is 0.466 e. The average Bonchev–Trinajstić information content (AvgIpc) is 2.71. The fourth-order valence-corrected chi connectivity index (χ4v) is 2.62. The van der Waals surface area contributed by atoms with Gasteiger partial charge < -0.3 is 4.74 Å². The Morgan fingerprint density at radius 1 is 1.32 bits per heavy atom. The molecule has 0 radical (unpaired) electrons. The zero-order valence-corrected chi connectivity index (χ0v) is 11.3. The fraction of sp³-hybridized carbons (Fsp3) is 0.769. The molecule has 6 heteroatoms. The van der Waals surface area contributed by atoms with E-state index in [1.54, 1.807) is 6.92 Å². The van der Waals surface area contributed by atoms with Crippen LogP contribution in [0.4, 0.5) is 0 Å². The molecule has 2 amide bonds. The molecule has 6 nitrogen and oxygen atoms in total. The molecule has 0 aromatic heterocycles. The van der Waals surface area contributed by atoms with E-state index in [1.165, 1.54) is 4.90 Å². The van der Waals surface area contributed by atoms with E-state index in [1.807, 2.05) is 4.90 Å². The molecular formula is C13H20N2O4. The van der Waals surface area contributed by atoms with Crippen LogP contribution in [0.2, 0.25) is 0 Å². The van der Waals surface area contributed by atoms with E-state index in [-0.39, 0.29) is 23.7 Å². The minimum absolute atomic E-state index is 0.108. The third-order valence-corrected chi connectivity index (χ3v) is 3.62. The molecular weight excluding hydrogens is 248 g/mol. The van der Waals surface area contributed by atoms with Gasteiger partial charge in [-0.2, -0.15) is 0 Å². The summed E-state index contributed by atoms with van der Waals surface area (Å²) in [5, 5.41) is 0. The first-order valence-electron chi connectivity index (χ1n) is 6.84. The lowest BCUT2D eigenvalue weighted by molar-refractivity contribution is -0.150. The molecule has 0 bridgehead atoms. The van der Waals surface area contributed by atoms with Crippen LogP contribution in [0.3, 0.4) is 0 Å². The minimum Gasteiger partial charge on any atom is -0.466 e. The molecule has 0 spiro atoms. The summed E-state index contributed by atoms with van der Waals surface area (Å²) in [6.07, 6.45) is 2.33. The lowest BCUT2D eigenvalue weighted by Gasteiger charge is -2.33. The van der Waals surface area contributed by atoms with Gasteiger partial charge in [-0.25, -0.2) is 0 Å². The van der Waals surface area contributed by atoms with Crippen LogP contribution in [0, 0.1) is 5.92 Å². The average molecular weight is 268 g/mol. The number of carbonyl (C=O) groups excluding carboxylic acids is 3. The van der Waals surface area contributed by atoms with Crippen molar-refractivity contribution in [1.29, 1.82) is 0 Å². The number of amides is 2. The summed E-state index contributed by atoms with van der Waals surface area (Å²) in [4.78, 5) is 38.1. The second-order valence-electron chi connectivity index (χ2n) is 5.03. The zero-order chi connectivity index (χ0) is 13.8. The summed E-state index contributed by atoms with van der Waals surface area (Å²) >= 11 is 0. The van der Waals surface area contributed by atoms with Crippen LogP contribution in [0.1, 0.15) is 32.6 Å². The Balaban J connectivity index is 1.89. The quantitative estimate of drug-likeness (QED) is 0.544. The molecule has 19 heavy (non-hydrogen) atoms. The molecule has 2 fully saturated rings. The number of likely N-dealkylation sites (tertiary alicyclic amines) is 2. The van der Waals surface area contributed by atoms with Gasteiger partial charge in [-0.05, 0) is 26.3 Å². The number of rotatable bonds is 4. The van der Waals surface area contributed by atoms with Crippen molar-refractivity contribution in [1.82, 2.24) is 9.80 Å². The summed E-state index contributed by atoms with van der Waals surface area (Å²) in [6, 6.07) is 0. The number of hydrogen-bond donors (Lipinski definition) is 0. The Bertz CT molecular complexity index is 367. The number of esters is 1. The fourth-order valence-electron chi connectivity index (χ4n) is 2.62. The molecule has 0 saturated carbocycles. The van der Waals surface area contributed by atoms with Gasteiger partial charge in [0.15, 0.2) is 0 Å². The molecule has 1 unspecified atom stereocenters. The topological polar surface area (TPSA) is 66.9 Å². The van der Waals surface area contributed by atoms with Gasteiger partial charge in [0.05, 0.1) is 19.2 Å². The van der Waals surface area contributed by atoms with Crippen molar-refractivity contribution in [3.05, 3.63) is 0 Å². The first-order chi connectivity index (χ1) is 9.11. The van der Waals surface area contributed by atoms with Crippen LogP contribution in [0.15, 0.2) is 0 Å². The lowest BCUT2D eigenvalue weighted by atomic mass is 9.98. The summed E-state index contributed by atoms with van der Waals surface area (Å²) < 4.78 is 5.03. The van der Waals surface area contributed by atoms with Gasteiger partial charge in [-0.1, -0.05) is 0 Å². The van der Waals surface area contributed by atoms with Gasteiger partial charge in [-0.15, -0.1) is 0 Å². The molecule has 2 aliphatic rings. The summed E-state index contributed by atoms with van der Waals surface area (Å²) in [5.41, 5.74) is 0. The van der Waals surface area contributed by atoms with Crippen molar-refractivity contribution in [3.63, 3.8) is 0 Å². The van der Waals surface area contributed by atoms with Gasteiger partial charge in [0.2, 0.25) is 11.8 Å². The molecule has 2 saturated heterocycles. The SMILES string of the molecule is CCOC(=O)C1CCCN(CN2C(=O)CCC2=O)C1. The van der Waals surface area contributed by atoms with Crippen molar-refractivity contribution in [3.8, 4) is 0 Å². The van der Waals surface area contributed by atoms with Gasteiger partial charge in [-0.3, -0.25) is 24.2 Å². The Morgan fingerprint density at radius 3 is 2.63 bits per heavy atom. The minimum atomic E-state index is -0.175. The first-order valence-corrected chi connectivity index (χ1v) is 6.84. The summed E-state index contributed by atoms with van der Waals surface area (Å²) in [6.45, 7) is 3.87. The molecule has 2 heterocycles. The van der Waals surface area contributed by atoms with Gasteiger partial charge in [0, 0.05) is 19.4 Å². The van der Waals surface area contributed by atoms with E-state index in [2.05, 4.69) is 0 Å². The van der Waals surface area contributed by atoms with Crippen molar-refractivity contribution >= 4 is 17.8 Å². The predicted molar refractivity (Wildman–Crippen MR) is 66.9 cm³/mol. The van der Waals surface area contributed by atoms with Gasteiger partial charge in [0.1, 0.15) is 0 Å². The molecule has 0 aliphatic carbocycles. The van der Waals surface area contributed by atoms with Crippen LogP contribution in [0.5, 0.6) is 0 Å². The highest BCUT2D eigenvalue weighted by atomic mass is 16.5. The van der Waals surface area contributed by atoms with Crippen LogP contribution in [-0.2, 0) is 19.1 Å². The maximum absolute atomic E-state index is 11.7. The smallest absolute Gasteiger partial charge is 0.310 e. The number of imide groups is 1. The molecule has 1 atom stereocenters. The van der Waals surface area contributed by atoms with Crippen LogP contribution in [-0.4, -0.2) is 53.9 Å². The maximum atomic E-state index is 11.7. The van der Waals surface area contributed by atoms with Crippen molar-refractivity contribution in [2.45, 2.75) is 32.6 Å². The lowest BCUT2D eigenvalue weighted by Crippen LogP contribution is -2.46. The molecule has 0 aromatic rings. The highest BCUT2D eigenvalue weighted by Crippen LogP contribution is 2.20. The highest BCUT2D eigenvalue weighted by molar-refractivity contribution is 6.01. The number of carbonyl (C=O) groups is 3. The standard InChI is InChI=1S/C13H20N2O4/c1-2-19-13(18)10-4-3-7-14(8-10)9-15-11(16)5-6-12(15)17/h10H,2-9H2,1H3. The number of piperidine rings is 1. The van der Waals surface area contributed by atoms with E-state index < -0.39 is 0 Å². The number of ether oxygens (including phenoxy) is 1. The molecule has 106 valence electrons. The van der Waals surface area contributed by atoms with Crippen LogP contribution < -0.4 is 0 Å². The maximum Gasteiger partial charge on any atom is 0.310 e. The normalized spacial score (nSPS) is 24.9. The molecule has 2 rings (SSSR count). The van der Waals surface area contributed by atoms with Crippen LogP contribution in [0.25, 0.3) is 0 Å². The van der Waals surface area contributed by atoms with E-state index >= 15 is 0 Å². The number of hydrogen-bond acceptors (Lipinski definition) is 5. The van der Waals surface area contributed by atoms with Crippen molar-refractivity contribution in [2.24, 2.45) is 5.92 Å². The highest BCUT2D eigenvalue weighted by Gasteiger charge is 2.33. The van der Waals surface area contributed by atoms with Crippen LogP contribution >= 0.6 is 0 Å². The third-order valence-electron chi connectivity index (χ3n) is 3.62. The van der Waals surface area contributed by atoms with E-state index in [0.29, 0.717) is 32.7 Å². The van der Waals surface area contributed by atoms with Crippen molar-refractivity contribution in [2.75, 3.05) is 26.4 Å². The van der Waals surface area contributed by atoms with Gasteiger partial charge in [0.25, 0.3) is 0 Å². The second kappa shape index (κ2) is 6.14. The molecule has 0 N–H and O–H groups in total. The van der Waals surface area contributed by atoms with E-state index in [9.17, 15) is 14.4 Å².